The molecule has 0 saturated heterocycles. The molecule has 0 aliphatic carbocycles. The van der Waals surface area contributed by atoms with Crippen molar-refractivity contribution in [2.24, 2.45) is 0 Å². The third-order valence-corrected chi connectivity index (χ3v) is 5.90. The second-order valence-electron chi connectivity index (χ2n) is 5.89. The molecular weight excluding hydrogens is 449 g/mol. The number of hydrogen-bond acceptors (Lipinski definition) is 8. The zero-order chi connectivity index (χ0) is 21.7. The summed E-state index contributed by atoms with van der Waals surface area (Å²) in [4.78, 5) is 15.1. The van der Waals surface area contributed by atoms with Crippen molar-refractivity contribution in [1.29, 1.82) is 0 Å². The van der Waals surface area contributed by atoms with E-state index in [9.17, 15) is 21.6 Å². The first-order valence-corrected chi connectivity index (χ1v) is 10.2. The van der Waals surface area contributed by atoms with Gasteiger partial charge in [-0.15, -0.1) is 10.2 Å². The third-order valence-electron chi connectivity index (χ3n) is 3.99. The summed E-state index contributed by atoms with van der Waals surface area (Å²) in [6, 6.07) is 2.61. The maximum Gasteiger partial charge on any atom is 0.453 e. The number of fused-ring (bicyclic) bond motifs is 1. The van der Waals surface area contributed by atoms with Crippen LogP contribution in [0.4, 0.5) is 13.2 Å². The van der Waals surface area contributed by atoms with Gasteiger partial charge in [-0.05, 0) is 23.7 Å². The maximum atomic E-state index is 12.8. The fourth-order valence-electron chi connectivity index (χ4n) is 2.54. The lowest BCUT2D eigenvalue weighted by molar-refractivity contribution is -0.144. The van der Waals surface area contributed by atoms with Crippen LogP contribution in [-0.4, -0.2) is 53.5 Å². The van der Waals surface area contributed by atoms with Crippen LogP contribution in [0.2, 0.25) is 5.28 Å². The predicted octanol–water partition coefficient (Wildman–Crippen LogP) is 2.23. The standard InChI is InChI=1S/C15H10ClF3N8O2S/c1-2-30(28,29)10-5-8(27-7-21-13(16)25-27)6-20-11(10)9-3-4-26-14(22-9)23-12(24-26)15(17,18)19/h3-7H,2H2,1H3. The van der Waals surface area contributed by atoms with Crippen LogP contribution < -0.4 is 0 Å². The molecule has 0 bridgehead atoms. The second-order valence-corrected chi connectivity index (χ2v) is 8.48. The van der Waals surface area contributed by atoms with Crippen molar-refractivity contribution in [3.05, 3.63) is 42.0 Å². The minimum Gasteiger partial charge on any atom is -0.251 e. The van der Waals surface area contributed by atoms with Crippen LogP contribution in [0.5, 0.6) is 0 Å². The zero-order valence-corrected chi connectivity index (χ0v) is 16.5. The molecule has 0 unspecified atom stereocenters. The number of alkyl halides is 3. The van der Waals surface area contributed by atoms with Crippen LogP contribution in [0.15, 0.2) is 35.7 Å². The molecule has 0 fully saturated rings. The molecule has 156 valence electrons. The van der Waals surface area contributed by atoms with Crippen LogP contribution in [0.1, 0.15) is 12.7 Å². The summed E-state index contributed by atoms with van der Waals surface area (Å²) >= 11 is 5.70. The number of sulfone groups is 1. The molecule has 0 radical (unpaired) electrons. The monoisotopic (exact) mass is 458 g/mol. The van der Waals surface area contributed by atoms with Crippen molar-refractivity contribution in [3.8, 4) is 17.1 Å². The number of hydrogen-bond donors (Lipinski definition) is 0. The Morgan fingerprint density at radius 2 is 1.93 bits per heavy atom. The Morgan fingerprint density at radius 1 is 1.17 bits per heavy atom. The maximum absolute atomic E-state index is 12.8. The van der Waals surface area contributed by atoms with Crippen LogP contribution in [0.3, 0.4) is 0 Å². The highest BCUT2D eigenvalue weighted by molar-refractivity contribution is 7.91. The normalized spacial score (nSPS) is 12.6. The molecule has 4 heterocycles. The smallest absolute Gasteiger partial charge is 0.251 e. The molecule has 4 aromatic rings. The van der Waals surface area contributed by atoms with Crippen LogP contribution >= 0.6 is 11.6 Å². The third kappa shape index (κ3) is 3.59. The molecule has 0 aliphatic heterocycles. The molecule has 30 heavy (non-hydrogen) atoms. The van der Waals surface area contributed by atoms with Crippen molar-refractivity contribution in [2.45, 2.75) is 18.0 Å². The molecular formula is C15H10ClF3N8O2S. The minimum absolute atomic E-state index is 0.0128. The highest BCUT2D eigenvalue weighted by Crippen LogP contribution is 2.29. The van der Waals surface area contributed by atoms with Crippen LogP contribution in [0, 0.1) is 0 Å². The van der Waals surface area contributed by atoms with Gasteiger partial charge < -0.3 is 0 Å². The summed E-state index contributed by atoms with van der Waals surface area (Å²) in [6.07, 6.45) is -0.967. The van der Waals surface area contributed by atoms with Crippen molar-refractivity contribution in [3.63, 3.8) is 0 Å². The van der Waals surface area contributed by atoms with Crippen molar-refractivity contribution >= 4 is 27.2 Å². The highest BCUT2D eigenvalue weighted by atomic mass is 35.5. The molecule has 0 aliphatic rings. The molecule has 0 aromatic carbocycles. The summed E-state index contributed by atoms with van der Waals surface area (Å²) < 4.78 is 65.9. The predicted molar refractivity (Wildman–Crippen MR) is 96.7 cm³/mol. The molecule has 0 N–H and O–H groups in total. The second kappa shape index (κ2) is 6.98. The number of nitrogens with zero attached hydrogens (tertiary/aromatic N) is 8. The van der Waals surface area contributed by atoms with E-state index in [2.05, 4.69) is 30.1 Å². The fraction of sp³-hybridized carbons (Fsp3) is 0.200. The van der Waals surface area contributed by atoms with Gasteiger partial charge in [0.2, 0.25) is 5.28 Å². The van der Waals surface area contributed by atoms with Gasteiger partial charge in [-0.1, -0.05) is 6.92 Å². The molecule has 4 rings (SSSR count). The first kappa shape index (κ1) is 20.2. The minimum atomic E-state index is -4.75. The number of aromatic nitrogens is 8. The average Bonchev–Trinajstić information content (AvgIpc) is 3.33. The Morgan fingerprint density at radius 3 is 2.57 bits per heavy atom. The summed E-state index contributed by atoms with van der Waals surface area (Å²) in [5.41, 5.74) is 0.234. The summed E-state index contributed by atoms with van der Waals surface area (Å²) in [7, 11) is -3.79. The van der Waals surface area contributed by atoms with Gasteiger partial charge in [0.05, 0.1) is 28.2 Å². The quantitative estimate of drug-likeness (QED) is 0.456. The van der Waals surface area contributed by atoms with Crippen LogP contribution in [-0.2, 0) is 16.0 Å². The highest BCUT2D eigenvalue weighted by Gasteiger charge is 2.36. The van der Waals surface area contributed by atoms with Crippen molar-refractivity contribution in [1.82, 2.24) is 39.3 Å². The van der Waals surface area contributed by atoms with Crippen LogP contribution in [0.25, 0.3) is 22.9 Å². The average molecular weight is 459 g/mol. The SMILES string of the molecule is CCS(=O)(=O)c1cc(-n2cnc(Cl)n2)cnc1-c1ccn2nc(C(F)(F)F)nc2n1. The van der Waals surface area contributed by atoms with E-state index < -0.39 is 21.8 Å². The molecule has 0 amide bonds. The Bertz CT molecular complexity index is 1370. The van der Waals surface area contributed by atoms with Gasteiger partial charge in [0.15, 0.2) is 9.84 Å². The van der Waals surface area contributed by atoms with Gasteiger partial charge >= 0.3 is 6.18 Å². The Hall–Kier alpha value is -3.13. The molecule has 0 saturated carbocycles. The topological polar surface area (TPSA) is 121 Å². The molecule has 4 aromatic heterocycles. The van der Waals surface area contributed by atoms with Crippen molar-refractivity contribution < 1.29 is 21.6 Å². The number of halogens is 4. The Kier molecular flexibility index (Phi) is 4.69. The van der Waals surface area contributed by atoms with E-state index >= 15 is 0 Å². The zero-order valence-electron chi connectivity index (χ0n) is 14.9. The lowest BCUT2D eigenvalue weighted by Gasteiger charge is -2.10. The lowest BCUT2D eigenvalue weighted by atomic mass is 10.2. The van der Waals surface area contributed by atoms with E-state index in [1.54, 1.807) is 0 Å². The molecule has 0 spiro atoms. The number of pyridine rings is 1. The van der Waals surface area contributed by atoms with Gasteiger partial charge in [-0.25, -0.2) is 27.6 Å². The largest absolute Gasteiger partial charge is 0.453 e. The van der Waals surface area contributed by atoms with Crippen molar-refractivity contribution in [2.75, 3.05) is 5.75 Å². The van der Waals surface area contributed by atoms with Gasteiger partial charge in [-0.3, -0.25) is 4.98 Å². The molecule has 15 heteroatoms. The first-order chi connectivity index (χ1) is 14.1. The van der Waals surface area contributed by atoms with E-state index in [0.717, 1.165) is 4.52 Å². The van der Waals surface area contributed by atoms with Gasteiger partial charge in [0.1, 0.15) is 12.0 Å². The Labute approximate surface area is 171 Å². The Balaban J connectivity index is 1.89. The summed E-state index contributed by atoms with van der Waals surface area (Å²) in [5.74, 6) is -1.96. The van der Waals surface area contributed by atoms with E-state index in [4.69, 9.17) is 11.6 Å². The van der Waals surface area contributed by atoms with Gasteiger partial charge in [0.25, 0.3) is 11.6 Å². The van der Waals surface area contributed by atoms with Gasteiger partial charge in [-0.2, -0.15) is 18.2 Å². The van der Waals surface area contributed by atoms with E-state index in [0.29, 0.717) is 0 Å². The molecule has 10 nitrogen and oxygen atoms in total. The van der Waals surface area contributed by atoms with Gasteiger partial charge in [0, 0.05) is 6.20 Å². The molecule has 0 atom stereocenters. The van der Waals surface area contributed by atoms with E-state index in [-0.39, 0.29) is 38.8 Å². The fourth-order valence-corrected chi connectivity index (χ4v) is 3.73. The summed E-state index contributed by atoms with van der Waals surface area (Å²) in [5, 5.41) is 7.16. The van der Waals surface area contributed by atoms with E-state index in [1.165, 1.54) is 42.5 Å². The lowest BCUT2D eigenvalue weighted by Crippen LogP contribution is -2.09. The number of rotatable bonds is 4. The summed E-state index contributed by atoms with van der Waals surface area (Å²) in [6.45, 7) is 1.45. The van der Waals surface area contributed by atoms with E-state index in [1.807, 2.05) is 0 Å². The first-order valence-electron chi connectivity index (χ1n) is 8.20.